The number of carbonyl (C=O) groups excluding carboxylic acids is 2. The number of nitrogen functional groups attached to an aromatic ring is 1. The fourth-order valence-corrected chi connectivity index (χ4v) is 3.16. The first kappa shape index (κ1) is 12.9. The van der Waals surface area contributed by atoms with Crippen molar-refractivity contribution < 1.29 is 14.3 Å². The highest BCUT2D eigenvalue weighted by molar-refractivity contribution is 7.16. The third-order valence-electron chi connectivity index (χ3n) is 3.00. The van der Waals surface area contributed by atoms with Crippen LogP contribution in [0.15, 0.2) is 0 Å². The number of esters is 1. The normalized spacial score (nSPS) is 14.2. The van der Waals surface area contributed by atoms with Crippen LogP contribution in [-0.4, -0.2) is 29.9 Å². The maximum Gasteiger partial charge on any atom is 0.341 e. The summed E-state index contributed by atoms with van der Waals surface area (Å²) in [5, 5.41) is 0.490. The van der Waals surface area contributed by atoms with Gasteiger partial charge in [0.25, 0.3) is 0 Å². The van der Waals surface area contributed by atoms with Gasteiger partial charge in [0.2, 0.25) is 5.91 Å². The fraction of sp³-hybridized carbons (Fsp3) is 0.500. The standard InChI is InChI=1S/C12H16N2O3S/c1-3-17-12(16)10-8-6-14(7(2)15)5-4-9(8)18-11(10)13/h3-6,13H2,1-2H3. The lowest BCUT2D eigenvalue weighted by molar-refractivity contribution is -0.129. The van der Waals surface area contributed by atoms with E-state index >= 15 is 0 Å². The molecule has 0 fully saturated rings. The Morgan fingerprint density at radius 1 is 1.50 bits per heavy atom. The minimum Gasteiger partial charge on any atom is -0.462 e. The zero-order chi connectivity index (χ0) is 13.3. The maximum absolute atomic E-state index is 11.9. The van der Waals surface area contributed by atoms with Gasteiger partial charge < -0.3 is 15.4 Å². The van der Waals surface area contributed by atoms with Gasteiger partial charge in [-0.1, -0.05) is 0 Å². The number of rotatable bonds is 2. The highest BCUT2D eigenvalue weighted by Crippen LogP contribution is 2.35. The van der Waals surface area contributed by atoms with E-state index in [-0.39, 0.29) is 5.91 Å². The molecule has 0 saturated carbocycles. The number of carbonyl (C=O) groups is 2. The zero-order valence-corrected chi connectivity index (χ0v) is 11.3. The van der Waals surface area contributed by atoms with Crippen molar-refractivity contribution in [1.29, 1.82) is 0 Å². The fourth-order valence-electron chi connectivity index (χ4n) is 2.10. The van der Waals surface area contributed by atoms with E-state index in [4.69, 9.17) is 10.5 Å². The van der Waals surface area contributed by atoms with E-state index in [0.717, 1.165) is 16.9 Å². The molecule has 0 spiro atoms. The summed E-state index contributed by atoms with van der Waals surface area (Å²) in [5.74, 6) is -0.377. The number of ether oxygens (including phenoxy) is 1. The topological polar surface area (TPSA) is 72.6 Å². The largest absolute Gasteiger partial charge is 0.462 e. The van der Waals surface area contributed by atoms with Crippen molar-refractivity contribution in [3.05, 3.63) is 16.0 Å². The number of hydrogen-bond donors (Lipinski definition) is 1. The first-order chi connectivity index (χ1) is 8.54. The number of nitrogens with two attached hydrogens (primary N) is 1. The summed E-state index contributed by atoms with van der Waals surface area (Å²) < 4.78 is 5.01. The van der Waals surface area contributed by atoms with E-state index in [1.807, 2.05) is 0 Å². The molecule has 18 heavy (non-hydrogen) atoms. The van der Waals surface area contributed by atoms with Crippen LogP contribution in [0.2, 0.25) is 0 Å². The number of hydrogen-bond acceptors (Lipinski definition) is 5. The van der Waals surface area contributed by atoms with Crippen LogP contribution >= 0.6 is 11.3 Å². The lowest BCUT2D eigenvalue weighted by Gasteiger charge is -2.26. The molecule has 0 radical (unpaired) electrons. The molecule has 1 amide bonds. The second-order valence-electron chi connectivity index (χ2n) is 4.15. The van der Waals surface area contributed by atoms with Gasteiger partial charge in [-0.05, 0) is 13.3 Å². The molecule has 98 valence electrons. The third-order valence-corrected chi connectivity index (χ3v) is 4.12. The van der Waals surface area contributed by atoms with Crippen LogP contribution in [0.25, 0.3) is 0 Å². The maximum atomic E-state index is 11.9. The minimum atomic E-state index is -0.391. The van der Waals surface area contributed by atoms with Gasteiger partial charge in [-0.2, -0.15) is 0 Å². The monoisotopic (exact) mass is 268 g/mol. The predicted octanol–water partition coefficient (Wildman–Crippen LogP) is 1.41. The Kier molecular flexibility index (Phi) is 3.56. The van der Waals surface area contributed by atoms with Gasteiger partial charge in [0.05, 0.1) is 12.2 Å². The minimum absolute atomic E-state index is 0.0141. The zero-order valence-electron chi connectivity index (χ0n) is 10.5. The molecule has 1 aromatic heterocycles. The molecular weight excluding hydrogens is 252 g/mol. The number of fused-ring (bicyclic) bond motifs is 1. The molecule has 1 aliphatic rings. The van der Waals surface area contributed by atoms with Crippen molar-refractivity contribution in [2.45, 2.75) is 26.8 Å². The second kappa shape index (κ2) is 4.97. The molecule has 1 aromatic rings. The molecule has 2 heterocycles. The quantitative estimate of drug-likeness (QED) is 0.823. The van der Waals surface area contributed by atoms with E-state index in [1.165, 1.54) is 18.3 Å². The third kappa shape index (κ3) is 2.20. The van der Waals surface area contributed by atoms with Crippen molar-refractivity contribution >= 4 is 28.2 Å². The van der Waals surface area contributed by atoms with Crippen LogP contribution in [0, 0.1) is 0 Å². The Hall–Kier alpha value is -1.56. The summed E-state index contributed by atoms with van der Waals surface area (Å²) in [6, 6.07) is 0. The van der Waals surface area contributed by atoms with Gasteiger partial charge in [0.15, 0.2) is 0 Å². The molecule has 0 bridgehead atoms. The first-order valence-corrected chi connectivity index (χ1v) is 6.68. The van der Waals surface area contributed by atoms with Crippen LogP contribution in [0.1, 0.15) is 34.6 Å². The molecule has 5 nitrogen and oxygen atoms in total. The van der Waals surface area contributed by atoms with Crippen molar-refractivity contribution in [1.82, 2.24) is 4.90 Å². The molecular formula is C12H16N2O3S. The van der Waals surface area contributed by atoms with Crippen molar-refractivity contribution in [3.8, 4) is 0 Å². The van der Waals surface area contributed by atoms with E-state index in [0.29, 0.717) is 30.3 Å². The lowest BCUT2D eigenvalue weighted by Crippen LogP contribution is -2.34. The Morgan fingerprint density at radius 2 is 2.22 bits per heavy atom. The SMILES string of the molecule is CCOC(=O)c1c(N)sc2c1CN(C(C)=O)CC2. The summed E-state index contributed by atoms with van der Waals surface area (Å²) in [5.41, 5.74) is 7.19. The van der Waals surface area contributed by atoms with Crippen LogP contribution in [0.3, 0.4) is 0 Å². The molecule has 0 atom stereocenters. The van der Waals surface area contributed by atoms with Crippen molar-refractivity contribution in [3.63, 3.8) is 0 Å². The summed E-state index contributed by atoms with van der Waals surface area (Å²) in [6.45, 7) is 4.75. The van der Waals surface area contributed by atoms with Crippen molar-refractivity contribution in [2.24, 2.45) is 0 Å². The Morgan fingerprint density at radius 3 is 2.83 bits per heavy atom. The highest BCUT2D eigenvalue weighted by atomic mass is 32.1. The number of anilines is 1. The average molecular weight is 268 g/mol. The van der Waals surface area contributed by atoms with E-state index < -0.39 is 5.97 Å². The second-order valence-corrected chi connectivity index (χ2v) is 5.29. The molecule has 0 unspecified atom stereocenters. The summed E-state index contributed by atoms with van der Waals surface area (Å²) >= 11 is 1.42. The van der Waals surface area contributed by atoms with Crippen LogP contribution in [0.5, 0.6) is 0 Å². The summed E-state index contributed by atoms with van der Waals surface area (Å²) in [6.07, 6.45) is 0.753. The van der Waals surface area contributed by atoms with E-state index in [2.05, 4.69) is 0 Å². The van der Waals surface area contributed by atoms with Gasteiger partial charge in [0, 0.05) is 30.5 Å². The molecule has 2 N–H and O–H groups in total. The Labute approximate surface area is 110 Å². The molecule has 0 aromatic carbocycles. The lowest BCUT2D eigenvalue weighted by atomic mass is 10.0. The number of amides is 1. The van der Waals surface area contributed by atoms with Gasteiger partial charge >= 0.3 is 5.97 Å². The van der Waals surface area contributed by atoms with E-state index in [1.54, 1.807) is 11.8 Å². The van der Waals surface area contributed by atoms with Gasteiger partial charge in [0.1, 0.15) is 5.00 Å². The molecule has 0 aliphatic carbocycles. The van der Waals surface area contributed by atoms with Gasteiger partial charge in [-0.3, -0.25) is 4.79 Å². The van der Waals surface area contributed by atoms with Gasteiger partial charge in [-0.15, -0.1) is 11.3 Å². The molecule has 2 rings (SSSR count). The predicted molar refractivity (Wildman–Crippen MR) is 69.5 cm³/mol. The molecule has 0 saturated heterocycles. The average Bonchev–Trinajstić information content (AvgIpc) is 2.63. The smallest absolute Gasteiger partial charge is 0.341 e. The van der Waals surface area contributed by atoms with Crippen LogP contribution in [0.4, 0.5) is 5.00 Å². The first-order valence-electron chi connectivity index (χ1n) is 5.87. The summed E-state index contributed by atoms with van der Waals surface area (Å²) in [4.78, 5) is 26.1. The number of nitrogens with zero attached hydrogens (tertiary/aromatic N) is 1. The Balaban J connectivity index is 2.35. The summed E-state index contributed by atoms with van der Waals surface area (Å²) in [7, 11) is 0. The van der Waals surface area contributed by atoms with Crippen LogP contribution in [-0.2, 0) is 22.5 Å². The van der Waals surface area contributed by atoms with E-state index in [9.17, 15) is 9.59 Å². The molecule has 1 aliphatic heterocycles. The van der Waals surface area contributed by atoms with Gasteiger partial charge in [-0.25, -0.2) is 4.79 Å². The molecule has 6 heteroatoms. The van der Waals surface area contributed by atoms with Crippen LogP contribution < -0.4 is 5.73 Å². The highest BCUT2D eigenvalue weighted by Gasteiger charge is 2.28. The Bertz CT molecular complexity index is 496. The van der Waals surface area contributed by atoms with Crippen molar-refractivity contribution in [2.75, 3.05) is 18.9 Å². The number of thiophene rings is 1.